The number of rotatable bonds is 1. The van der Waals surface area contributed by atoms with Crippen molar-refractivity contribution in [3.05, 3.63) is 34.3 Å². The first-order chi connectivity index (χ1) is 11.2. The van der Waals surface area contributed by atoms with Gasteiger partial charge in [-0.15, -0.1) is 0 Å². The summed E-state index contributed by atoms with van der Waals surface area (Å²) < 4.78 is 25.8. The van der Waals surface area contributed by atoms with Crippen LogP contribution in [0.4, 0.5) is 21.7 Å². The molecular formula is C15H14BrFN4O2. The number of morpholine rings is 1. The second-order valence-electron chi connectivity index (χ2n) is 5.30. The fourth-order valence-corrected chi connectivity index (χ4v) is 3.19. The smallest absolute Gasteiger partial charge is 0.178 e. The summed E-state index contributed by atoms with van der Waals surface area (Å²) in [5, 5.41) is 3.16. The van der Waals surface area contributed by atoms with Crippen molar-refractivity contribution in [2.45, 2.75) is 6.61 Å². The number of anilines is 3. The van der Waals surface area contributed by atoms with Crippen LogP contribution in [0.1, 0.15) is 5.56 Å². The van der Waals surface area contributed by atoms with Gasteiger partial charge in [-0.25, -0.2) is 14.4 Å². The molecule has 1 fully saturated rings. The highest BCUT2D eigenvalue weighted by atomic mass is 79.9. The van der Waals surface area contributed by atoms with Crippen molar-refractivity contribution >= 4 is 33.3 Å². The Morgan fingerprint density at radius 1 is 1.22 bits per heavy atom. The van der Waals surface area contributed by atoms with E-state index in [-0.39, 0.29) is 12.4 Å². The van der Waals surface area contributed by atoms with E-state index in [9.17, 15) is 4.39 Å². The second kappa shape index (κ2) is 5.93. The molecule has 0 amide bonds. The van der Waals surface area contributed by atoms with Crippen molar-refractivity contribution in [3.63, 3.8) is 0 Å². The SMILES string of the molecule is Fc1cc(Br)cc2c1OCc1c(ncnc1N1CCOCC1)N2. The van der Waals surface area contributed by atoms with Crippen molar-refractivity contribution in [1.82, 2.24) is 9.97 Å². The first kappa shape index (κ1) is 14.6. The summed E-state index contributed by atoms with van der Waals surface area (Å²) in [4.78, 5) is 10.8. The van der Waals surface area contributed by atoms with Crippen molar-refractivity contribution in [3.8, 4) is 5.75 Å². The molecule has 1 aromatic carbocycles. The molecule has 0 aliphatic carbocycles. The van der Waals surface area contributed by atoms with Crippen LogP contribution in [-0.2, 0) is 11.3 Å². The van der Waals surface area contributed by atoms with Crippen LogP contribution in [-0.4, -0.2) is 36.3 Å². The zero-order valence-corrected chi connectivity index (χ0v) is 13.8. The maximum atomic E-state index is 14.1. The Kier molecular flexibility index (Phi) is 3.78. The number of benzene rings is 1. The summed E-state index contributed by atoms with van der Waals surface area (Å²) in [5.41, 5.74) is 1.36. The van der Waals surface area contributed by atoms with Crippen LogP contribution in [0.25, 0.3) is 0 Å². The summed E-state index contributed by atoms with van der Waals surface area (Å²) in [6.07, 6.45) is 1.51. The zero-order chi connectivity index (χ0) is 15.8. The normalized spacial score (nSPS) is 16.7. The lowest BCUT2D eigenvalue weighted by Crippen LogP contribution is -2.37. The van der Waals surface area contributed by atoms with Gasteiger partial charge in [0.15, 0.2) is 11.6 Å². The monoisotopic (exact) mass is 380 g/mol. The minimum atomic E-state index is -0.421. The molecule has 8 heteroatoms. The lowest BCUT2D eigenvalue weighted by Gasteiger charge is -2.29. The lowest BCUT2D eigenvalue weighted by molar-refractivity contribution is 0.122. The van der Waals surface area contributed by atoms with Gasteiger partial charge in [-0.3, -0.25) is 0 Å². The van der Waals surface area contributed by atoms with E-state index in [1.807, 2.05) is 0 Å². The number of nitrogens with one attached hydrogen (secondary N) is 1. The van der Waals surface area contributed by atoms with E-state index in [1.54, 1.807) is 6.07 Å². The van der Waals surface area contributed by atoms with Crippen molar-refractivity contribution < 1.29 is 13.9 Å². The molecule has 0 unspecified atom stereocenters. The van der Waals surface area contributed by atoms with Crippen LogP contribution >= 0.6 is 15.9 Å². The van der Waals surface area contributed by atoms with Crippen molar-refractivity contribution in [2.75, 3.05) is 36.5 Å². The number of nitrogens with zero attached hydrogens (tertiary/aromatic N) is 3. The predicted molar refractivity (Wildman–Crippen MR) is 86.8 cm³/mol. The highest BCUT2D eigenvalue weighted by Gasteiger charge is 2.24. The maximum absolute atomic E-state index is 14.1. The highest BCUT2D eigenvalue weighted by Crippen LogP contribution is 2.39. The molecule has 3 heterocycles. The number of fused-ring (bicyclic) bond motifs is 2. The Morgan fingerprint density at radius 2 is 2.04 bits per heavy atom. The molecule has 2 aliphatic heterocycles. The highest BCUT2D eigenvalue weighted by molar-refractivity contribution is 9.10. The average molecular weight is 381 g/mol. The van der Waals surface area contributed by atoms with Gasteiger partial charge in [0.25, 0.3) is 0 Å². The van der Waals surface area contributed by atoms with Crippen LogP contribution in [0.3, 0.4) is 0 Å². The maximum Gasteiger partial charge on any atom is 0.178 e. The van der Waals surface area contributed by atoms with E-state index in [0.717, 1.165) is 24.5 Å². The van der Waals surface area contributed by atoms with Crippen LogP contribution in [0.15, 0.2) is 22.9 Å². The Balaban J connectivity index is 1.75. The molecule has 0 atom stereocenters. The average Bonchev–Trinajstić information content (AvgIpc) is 2.74. The fraction of sp³-hybridized carbons (Fsp3) is 0.333. The van der Waals surface area contributed by atoms with Gasteiger partial charge in [-0.05, 0) is 12.1 Å². The van der Waals surface area contributed by atoms with Gasteiger partial charge in [0.2, 0.25) is 0 Å². The summed E-state index contributed by atoms with van der Waals surface area (Å²) >= 11 is 3.29. The minimum absolute atomic E-state index is 0.194. The zero-order valence-electron chi connectivity index (χ0n) is 12.2. The standard InChI is InChI=1S/C15H14BrFN4O2/c16-9-5-11(17)13-12(6-9)20-14-10(7-23-13)15(19-8-18-14)21-1-3-22-4-2-21/h5-6,8H,1-4,7H2,(H,18,19,20). The summed E-state index contributed by atoms with van der Waals surface area (Å²) in [6.45, 7) is 3.05. The molecule has 2 aliphatic rings. The van der Waals surface area contributed by atoms with E-state index >= 15 is 0 Å². The Bertz CT molecular complexity index is 752. The van der Waals surface area contributed by atoms with Gasteiger partial charge in [0, 0.05) is 17.6 Å². The van der Waals surface area contributed by atoms with Crippen LogP contribution < -0.4 is 15.0 Å². The molecule has 1 aromatic heterocycles. The molecule has 23 heavy (non-hydrogen) atoms. The number of halogens is 2. The first-order valence-electron chi connectivity index (χ1n) is 7.28. The Hall–Kier alpha value is -1.93. The third-order valence-electron chi connectivity index (χ3n) is 3.86. The molecule has 1 N–H and O–H groups in total. The summed E-state index contributed by atoms with van der Waals surface area (Å²) in [7, 11) is 0. The predicted octanol–water partition coefficient (Wildman–Crippen LogP) is 2.85. The van der Waals surface area contributed by atoms with Gasteiger partial charge in [-0.2, -0.15) is 0 Å². The molecule has 0 bridgehead atoms. The van der Waals surface area contributed by atoms with Gasteiger partial charge in [0.05, 0.1) is 24.5 Å². The third kappa shape index (κ3) is 2.72. The fourth-order valence-electron chi connectivity index (χ4n) is 2.76. The molecule has 4 rings (SSSR count). The molecule has 0 radical (unpaired) electrons. The van der Waals surface area contributed by atoms with Gasteiger partial charge >= 0.3 is 0 Å². The van der Waals surface area contributed by atoms with Crippen LogP contribution in [0.5, 0.6) is 5.75 Å². The van der Waals surface area contributed by atoms with Gasteiger partial charge < -0.3 is 19.7 Å². The van der Waals surface area contributed by atoms with E-state index < -0.39 is 5.82 Å². The van der Waals surface area contributed by atoms with Gasteiger partial charge in [0.1, 0.15) is 24.6 Å². The number of ether oxygens (including phenoxy) is 2. The molecule has 0 saturated carbocycles. The molecule has 120 valence electrons. The minimum Gasteiger partial charge on any atom is -0.483 e. The lowest BCUT2D eigenvalue weighted by atomic mass is 10.2. The molecule has 6 nitrogen and oxygen atoms in total. The first-order valence-corrected chi connectivity index (χ1v) is 8.07. The topological polar surface area (TPSA) is 59.5 Å². The van der Waals surface area contributed by atoms with Crippen LogP contribution in [0.2, 0.25) is 0 Å². The third-order valence-corrected chi connectivity index (χ3v) is 4.31. The molecular weight excluding hydrogens is 367 g/mol. The Labute approximate surface area is 140 Å². The summed E-state index contributed by atoms with van der Waals surface area (Å²) in [5.74, 6) is 1.21. The Morgan fingerprint density at radius 3 is 2.87 bits per heavy atom. The number of aromatic nitrogens is 2. The van der Waals surface area contributed by atoms with Crippen molar-refractivity contribution in [2.24, 2.45) is 0 Å². The van der Waals surface area contributed by atoms with E-state index in [1.165, 1.54) is 12.4 Å². The quantitative estimate of drug-likeness (QED) is 0.820. The second-order valence-corrected chi connectivity index (χ2v) is 6.22. The summed E-state index contributed by atoms with van der Waals surface area (Å²) in [6, 6.07) is 3.15. The number of hydrogen-bond acceptors (Lipinski definition) is 6. The molecule has 1 saturated heterocycles. The largest absolute Gasteiger partial charge is 0.483 e. The number of hydrogen-bond donors (Lipinski definition) is 1. The van der Waals surface area contributed by atoms with Crippen molar-refractivity contribution in [1.29, 1.82) is 0 Å². The van der Waals surface area contributed by atoms with E-state index in [4.69, 9.17) is 9.47 Å². The molecule has 0 spiro atoms. The van der Waals surface area contributed by atoms with E-state index in [2.05, 4.69) is 36.1 Å². The van der Waals surface area contributed by atoms with E-state index in [0.29, 0.717) is 29.2 Å². The van der Waals surface area contributed by atoms with Crippen LogP contribution in [0, 0.1) is 5.82 Å². The molecule has 2 aromatic rings. The van der Waals surface area contributed by atoms with Gasteiger partial charge in [-0.1, -0.05) is 15.9 Å².